The average Bonchev–Trinajstić information content (AvgIpc) is 2.36. The summed E-state index contributed by atoms with van der Waals surface area (Å²) in [6, 6.07) is 5.72. The fraction of sp³-hybridized carbons (Fsp3) is 0.400. The number of aryl methyl sites for hydroxylation is 1. The van der Waals surface area contributed by atoms with Crippen molar-refractivity contribution in [3.05, 3.63) is 33.7 Å². The first kappa shape index (κ1) is 12.4. The highest BCUT2D eigenvalue weighted by Gasteiger charge is 2.50. The largest absolute Gasteiger partial charge is 0.380 e. The van der Waals surface area contributed by atoms with Crippen molar-refractivity contribution in [2.75, 3.05) is 31.2 Å². The monoisotopic (exact) mass is 282 g/mol. The number of ether oxygens (including phenoxy) is 1. The summed E-state index contributed by atoms with van der Waals surface area (Å²) >= 11 is 0. The van der Waals surface area contributed by atoms with Gasteiger partial charge in [0.15, 0.2) is 0 Å². The zero-order valence-electron chi connectivity index (χ0n) is 11.6. The van der Waals surface area contributed by atoms with Gasteiger partial charge in [-0.2, -0.15) is 5.26 Å². The van der Waals surface area contributed by atoms with E-state index in [1.165, 1.54) is 0 Å². The van der Waals surface area contributed by atoms with E-state index in [0.29, 0.717) is 16.7 Å². The first-order valence-electron chi connectivity index (χ1n) is 6.88. The number of nitrogens with zero attached hydrogens (tertiary/aromatic N) is 3. The van der Waals surface area contributed by atoms with Gasteiger partial charge in [-0.1, -0.05) is 0 Å². The van der Waals surface area contributed by atoms with Gasteiger partial charge in [-0.15, -0.1) is 0 Å². The van der Waals surface area contributed by atoms with Gasteiger partial charge in [0.25, 0.3) is 5.56 Å². The molecule has 4 rings (SSSR count). The Morgan fingerprint density at radius 2 is 2.19 bits per heavy atom. The molecule has 1 N–H and O–H groups in total. The molecule has 2 saturated heterocycles. The van der Waals surface area contributed by atoms with E-state index in [2.05, 4.69) is 14.9 Å². The summed E-state index contributed by atoms with van der Waals surface area (Å²) in [7, 11) is 0. The first-order valence-corrected chi connectivity index (χ1v) is 6.88. The summed E-state index contributed by atoms with van der Waals surface area (Å²) in [4.78, 5) is 21.4. The molecule has 4 heterocycles. The van der Waals surface area contributed by atoms with Gasteiger partial charge in [0.1, 0.15) is 17.1 Å². The molecule has 6 nitrogen and oxygen atoms in total. The molecule has 2 aliphatic rings. The van der Waals surface area contributed by atoms with Crippen molar-refractivity contribution in [3.8, 4) is 6.07 Å². The molecular formula is C15H14N4O2. The van der Waals surface area contributed by atoms with Crippen molar-refractivity contribution in [3.63, 3.8) is 0 Å². The number of aromatic amines is 1. The number of aromatic nitrogens is 2. The molecule has 6 heteroatoms. The fourth-order valence-corrected chi connectivity index (χ4v) is 3.16. The smallest absolute Gasteiger partial charge is 0.268 e. The fourth-order valence-electron chi connectivity index (χ4n) is 3.16. The Morgan fingerprint density at radius 3 is 2.81 bits per heavy atom. The van der Waals surface area contributed by atoms with Crippen molar-refractivity contribution < 1.29 is 4.74 Å². The molecule has 0 amide bonds. The maximum Gasteiger partial charge on any atom is 0.268 e. The van der Waals surface area contributed by atoms with E-state index in [4.69, 9.17) is 4.74 Å². The third-order valence-electron chi connectivity index (χ3n) is 4.27. The number of nitriles is 1. The van der Waals surface area contributed by atoms with E-state index in [0.717, 1.165) is 32.0 Å². The SMILES string of the molecule is Cc1ccc2[nH]c(=O)c(C#N)c(N3CC4(COC4)C3)c2n1. The van der Waals surface area contributed by atoms with Crippen LogP contribution in [-0.4, -0.2) is 36.3 Å². The van der Waals surface area contributed by atoms with Crippen LogP contribution in [0.2, 0.25) is 0 Å². The molecule has 21 heavy (non-hydrogen) atoms. The lowest BCUT2D eigenvalue weighted by Gasteiger charge is -2.56. The normalized spacial score (nSPS) is 19.1. The number of fused-ring (bicyclic) bond motifs is 1. The van der Waals surface area contributed by atoms with E-state index >= 15 is 0 Å². The van der Waals surface area contributed by atoms with Crippen LogP contribution in [0.1, 0.15) is 11.3 Å². The molecule has 0 radical (unpaired) electrons. The third-order valence-corrected chi connectivity index (χ3v) is 4.27. The van der Waals surface area contributed by atoms with Crippen molar-refractivity contribution >= 4 is 16.7 Å². The molecule has 2 aromatic rings. The predicted molar refractivity (Wildman–Crippen MR) is 77.3 cm³/mol. The van der Waals surface area contributed by atoms with Crippen molar-refractivity contribution in [2.45, 2.75) is 6.92 Å². The lowest BCUT2D eigenvalue weighted by atomic mass is 9.77. The number of nitrogens with one attached hydrogen (secondary N) is 1. The van der Waals surface area contributed by atoms with Crippen LogP contribution in [0.25, 0.3) is 11.0 Å². The standard InChI is InChI=1S/C15H14N4O2/c1-9-2-3-11-12(17-9)13(10(4-16)14(20)18-11)19-5-15(6-19)7-21-8-15/h2-3H,5-8H2,1H3,(H,18,20). The maximum absolute atomic E-state index is 12.1. The minimum atomic E-state index is -0.350. The summed E-state index contributed by atoms with van der Waals surface area (Å²) in [5, 5.41) is 9.35. The number of anilines is 1. The molecule has 0 aliphatic carbocycles. The van der Waals surface area contributed by atoms with Gasteiger partial charge >= 0.3 is 0 Å². The average molecular weight is 282 g/mol. The quantitative estimate of drug-likeness (QED) is 0.841. The summed E-state index contributed by atoms with van der Waals surface area (Å²) in [5.74, 6) is 0. The summed E-state index contributed by atoms with van der Waals surface area (Å²) in [6.45, 7) is 5.06. The van der Waals surface area contributed by atoms with Gasteiger partial charge in [-0.3, -0.25) is 4.79 Å². The van der Waals surface area contributed by atoms with E-state index in [-0.39, 0.29) is 16.5 Å². The second-order valence-corrected chi connectivity index (χ2v) is 5.99. The van der Waals surface area contributed by atoms with E-state index in [1.807, 2.05) is 25.1 Å². The zero-order chi connectivity index (χ0) is 14.6. The Kier molecular flexibility index (Phi) is 2.39. The Balaban J connectivity index is 1.91. The highest BCUT2D eigenvalue weighted by Crippen LogP contribution is 2.42. The van der Waals surface area contributed by atoms with Crippen LogP contribution in [-0.2, 0) is 4.74 Å². The number of H-pyrrole nitrogens is 1. The topological polar surface area (TPSA) is 82.0 Å². The molecule has 0 bridgehead atoms. The van der Waals surface area contributed by atoms with Gasteiger partial charge in [0.05, 0.1) is 29.8 Å². The minimum Gasteiger partial charge on any atom is -0.380 e. The van der Waals surface area contributed by atoms with Gasteiger partial charge in [-0.05, 0) is 19.1 Å². The zero-order valence-corrected chi connectivity index (χ0v) is 11.6. The molecule has 1 spiro atoms. The summed E-state index contributed by atoms with van der Waals surface area (Å²) in [6.07, 6.45) is 0. The second kappa shape index (κ2) is 4.06. The highest BCUT2D eigenvalue weighted by molar-refractivity contribution is 5.91. The molecule has 2 aliphatic heterocycles. The second-order valence-electron chi connectivity index (χ2n) is 5.99. The maximum atomic E-state index is 12.1. The lowest BCUT2D eigenvalue weighted by Crippen LogP contribution is -2.66. The van der Waals surface area contributed by atoms with Gasteiger partial charge < -0.3 is 14.6 Å². The van der Waals surface area contributed by atoms with Crippen LogP contribution in [0.3, 0.4) is 0 Å². The Hall–Kier alpha value is -2.39. The number of pyridine rings is 2. The van der Waals surface area contributed by atoms with E-state index < -0.39 is 0 Å². The molecule has 0 unspecified atom stereocenters. The van der Waals surface area contributed by atoms with E-state index in [1.54, 1.807) is 0 Å². The van der Waals surface area contributed by atoms with Crippen molar-refractivity contribution in [1.29, 1.82) is 5.26 Å². The minimum absolute atomic E-state index is 0.149. The number of hydrogen-bond acceptors (Lipinski definition) is 5. The summed E-state index contributed by atoms with van der Waals surface area (Å²) < 4.78 is 5.28. The molecule has 0 saturated carbocycles. The van der Waals surface area contributed by atoms with Crippen LogP contribution < -0.4 is 10.5 Å². The lowest BCUT2D eigenvalue weighted by molar-refractivity contribution is -0.126. The predicted octanol–water partition coefficient (Wildman–Crippen LogP) is 0.940. The molecule has 2 fully saturated rings. The van der Waals surface area contributed by atoms with Crippen LogP contribution in [0, 0.1) is 23.7 Å². The molecule has 106 valence electrons. The summed E-state index contributed by atoms with van der Waals surface area (Å²) in [5.41, 5.74) is 2.91. The Bertz CT molecular complexity index is 837. The van der Waals surface area contributed by atoms with Gasteiger partial charge in [0, 0.05) is 18.8 Å². The number of rotatable bonds is 1. The molecule has 0 aromatic carbocycles. The third kappa shape index (κ3) is 1.68. The Labute approximate surface area is 121 Å². The highest BCUT2D eigenvalue weighted by atomic mass is 16.5. The molecule has 2 aromatic heterocycles. The first-order chi connectivity index (χ1) is 10.1. The van der Waals surface area contributed by atoms with Crippen LogP contribution in [0.4, 0.5) is 5.69 Å². The Morgan fingerprint density at radius 1 is 1.43 bits per heavy atom. The van der Waals surface area contributed by atoms with Gasteiger partial charge in [0.2, 0.25) is 0 Å². The van der Waals surface area contributed by atoms with Crippen LogP contribution in [0.5, 0.6) is 0 Å². The van der Waals surface area contributed by atoms with Gasteiger partial charge in [-0.25, -0.2) is 4.98 Å². The van der Waals surface area contributed by atoms with Crippen molar-refractivity contribution in [2.24, 2.45) is 5.41 Å². The van der Waals surface area contributed by atoms with Crippen molar-refractivity contribution in [1.82, 2.24) is 9.97 Å². The molecular weight excluding hydrogens is 268 g/mol. The van der Waals surface area contributed by atoms with Crippen LogP contribution >= 0.6 is 0 Å². The van der Waals surface area contributed by atoms with Crippen LogP contribution in [0.15, 0.2) is 16.9 Å². The number of hydrogen-bond donors (Lipinski definition) is 1. The molecule has 0 atom stereocenters. The van der Waals surface area contributed by atoms with E-state index in [9.17, 15) is 10.1 Å².